The zero-order valence-corrected chi connectivity index (χ0v) is 21.6. The third-order valence-corrected chi connectivity index (χ3v) is 7.97. The summed E-state index contributed by atoms with van der Waals surface area (Å²) in [5.74, 6) is 0.266. The van der Waals surface area contributed by atoms with Crippen molar-refractivity contribution in [3.8, 4) is 5.75 Å². The molecule has 0 bridgehead atoms. The molecule has 1 aliphatic rings. The van der Waals surface area contributed by atoms with Crippen LogP contribution in [-0.4, -0.2) is 44.8 Å². The summed E-state index contributed by atoms with van der Waals surface area (Å²) in [6.07, 6.45) is 1.42. The van der Waals surface area contributed by atoms with E-state index in [4.69, 9.17) is 4.74 Å². The molecule has 37 heavy (non-hydrogen) atoms. The van der Waals surface area contributed by atoms with Crippen LogP contribution in [0.3, 0.4) is 0 Å². The molecule has 2 amide bonds. The van der Waals surface area contributed by atoms with Crippen molar-refractivity contribution in [3.63, 3.8) is 0 Å². The molecular weight excluding hydrogens is 490 g/mol. The van der Waals surface area contributed by atoms with Gasteiger partial charge in [-0.15, -0.1) is 0 Å². The molecule has 0 spiro atoms. The Kier molecular flexibility index (Phi) is 8.45. The highest BCUT2D eigenvalue weighted by molar-refractivity contribution is 7.92. The van der Waals surface area contributed by atoms with E-state index in [2.05, 4.69) is 5.32 Å². The monoisotopic (exact) mass is 521 g/mol. The lowest BCUT2D eigenvalue weighted by Gasteiger charge is -2.24. The van der Waals surface area contributed by atoms with Crippen LogP contribution in [0, 0.1) is 0 Å². The fraction of sp³-hybridized carbons (Fsp3) is 0.286. The minimum Gasteiger partial charge on any atom is -0.494 e. The lowest BCUT2D eigenvalue weighted by molar-refractivity contribution is -0.128. The third kappa shape index (κ3) is 6.48. The van der Waals surface area contributed by atoms with Gasteiger partial charge in [-0.1, -0.05) is 42.5 Å². The van der Waals surface area contributed by atoms with Crippen molar-refractivity contribution in [2.24, 2.45) is 0 Å². The number of nitrogens with zero attached hydrogens (tertiary/aromatic N) is 2. The number of nitrogens with one attached hydrogen (secondary N) is 1. The van der Waals surface area contributed by atoms with E-state index in [-0.39, 0.29) is 23.9 Å². The van der Waals surface area contributed by atoms with Crippen molar-refractivity contribution in [2.75, 3.05) is 24.0 Å². The van der Waals surface area contributed by atoms with Crippen molar-refractivity contribution in [3.05, 3.63) is 90.0 Å². The van der Waals surface area contributed by atoms with Gasteiger partial charge >= 0.3 is 0 Å². The van der Waals surface area contributed by atoms with E-state index in [1.165, 1.54) is 12.1 Å². The lowest BCUT2D eigenvalue weighted by Crippen LogP contribution is -2.40. The summed E-state index contributed by atoms with van der Waals surface area (Å²) >= 11 is 0. The van der Waals surface area contributed by atoms with Crippen LogP contribution in [0.15, 0.2) is 83.8 Å². The van der Waals surface area contributed by atoms with Gasteiger partial charge in [-0.05, 0) is 60.9 Å². The standard InChI is InChI=1S/C28H31N3O5S/c1-2-36-25-14-16-26(17-15-25)37(34,35)31(24-11-4-3-5-12-24)21-27(32)29-19-22-9-6-7-10-23(22)20-30-18-8-13-28(30)33/h3-7,9-12,14-17H,2,8,13,18-21H2,1H3,(H,29,32). The van der Waals surface area contributed by atoms with Crippen molar-refractivity contribution in [1.29, 1.82) is 0 Å². The number of sulfonamides is 1. The van der Waals surface area contributed by atoms with Crippen molar-refractivity contribution < 1.29 is 22.7 Å². The van der Waals surface area contributed by atoms with Crippen LogP contribution in [0.25, 0.3) is 0 Å². The van der Waals surface area contributed by atoms with Gasteiger partial charge in [0.05, 0.1) is 17.2 Å². The van der Waals surface area contributed by atoms with E-state index in [1.807, 2.05) is 36.1 Å². The SMILES string of the molecule is CCOc1ccc(S(=O)(=O)N(CC(=O)NCc2ccccc2CN2CCCC2=O)c2ccccc2)cc1. The van der Waals surface area contributed by atoms with Crippen LogP contribution in [0.2, 0.25) is 0 Å². The molecule has 9 heteroatoms. The second-order valence-electron chi connectivity index (χ2n) is 8.72. The highest BCUT2D eigenvalue weighted by Gasteiger charge is 2.27. The molecule has 1 aliphatic heterocycles. The quantitative estimate of drug-likeness (QED) is 0.415. The molecule has 1 saturated heterocycles. The average Bonchev–Trinajstić information content (AvgIpc) is 3.31. The average molecular weight is 522 g/mol. The van der Waals surface area contributed by atoms with Gasteiger partial charge in [0.15, 0.2) is 0 Å². The van der Waals surface area contributed by atoms with Gasteiger partial charge < -0.3 is 15.0 Å². The van der Waals surface area contributed by atoms with E-state index in [0.717, 1.165) is 28.4 Å². The molecule has 1 fully saturated rings. The topological polar surface area (TPSA) is 96.0 Å². The molecule has 1 N–H and O–H groups in total. The third-order valence-electron chi connectivity index (χ3n) is 6.18. The molecule has 0 radical (unpaired) electrons. The van der Waals surface area contributed by atoms with Crippen LogP contribution in [0.5, 0.6) is 5.75 Å². The predicted molar refractivity (Wildman–Crippen MR) is 142 cm³/mol. The Hall–Kier alpha value is -3.85. The Morgan fingerprint density at radius 1 is 0.973 bits per heavy atom. The molecule has 3 aromatic carbocycles. The van der Waals surface area contributed by atoms with Crippen LogP contribution in [0.4, 0.5) is 5.69 Å². The minimum absolute atomic E-state index is 0.0632. The summed E-state index contributed by atoms with van der Waals surface area (Å²) < 4.78 is 33.6. The fourth-order valence-corrected chi connectivity index (χ4v) is 5.67. The summed E-state index contributed by atoms with van der Waals surface area (Å²) in [6.45, 7) is 3.39. The van der Waals surface area contributed by atoms with E-state index in [1.54, 1.807) is 42.5 Å². The number of para-hydroxylation sites is 1. The summed E-state index contributed by atoms with van der Waals surface area (Å²) in [5.41, 5.74) is 2.23. The molecule has 0 aromatic heterocycles. The fourth-order valence-electron chi connectivity index (χ4n) is 4.25. The second kappa shape index (κ2) is 11.9. The molecule has 0 aliphatic carbocycles. The molecule has 8 nitrogen and oxygen atoms in total. The number of likely N-dealkylation sites (tertiary alicyclic amines) is 1. The second-order valence-corrected chi connectivity index (χ2v) is 10.6. The highest BCUT2D eigenvalue weighted by atomic mass is 32.2. The first kappa shape index (κ1) is 26.2. The molecule has 194 valence electrons. The first-order valence-electron chi connectivity index (χ1n) is 12.3. The zero-order valence-electron chi connectivity index (χ0n) is 20.8. The first-order valence-corrected chi connectivity index (χ1v) is 13.7. The van der Waals surface area contributed by atoms with Crippen molar-refractivity contribution in [2.45, 2.75) is 37.8 Å². The van der Waals surface area contributed by atoms with Crippen molar-refractivity contribution in [1.82, 2.24) is 10.2 Å². The maximum atomic E-state index is 13.6. The maximum Gasteiger partial charge on any atom is 0.264 e. The molecule has 0 atom stereocenters. The summed E-state index contributed by atoms with van der Waals surface area (Å²) in [5, 5.41) is 2.86. The number of amides is 2. The Morgan fingerprint density at radius 3 is 2.30 bits per heavy atom. The number of carbonyl (C=O) groups is 2. The summed E-state index contributed by atoms with van der Waals surface area (Å²) in [4.78, 5) is 27.0. The Morgan fingerprint density at radius 2 is 1.65 bits per heavy atom. The molecule has 0 saturated carbocycles. The van der Waals surface area contributed by atoms with Crippen LogP contribution in [-0.2, 0) is 32.7 Å². The largest absolute Gasteiger partial charge is 0.494 e. The van der Waals surface area contributed by atoms with E-state index >= 15 is 0 Å². The van der Waals surface area contributed by atoms with Crippen LogP contribution >= 0.6 is 0 Å². The lowest BCUT2D eigenvalue weighted by atomic mass is 10.1. The Balaban J connectivity index is 1.49. The van der Waals surface area contributed by atoms with Gasteiger partial charge in [0.2, 0.25) is 11.8 Å². The number of anilines is 1. The van der Waals surface area contributed by atoms with Gasteiger partial charge in [-0.2, -0.15) is 0 Å². The normalized spacial score (nSPS) is 13.4. The smallest absolute Gasteiger partial charge is 0.264 e. The number of rotatable bonds is 11. The van der Waals surface area contributed by atoms with Gasteiger partial charge in [0, 0.05) is 26.1 Å². The molecular formula is C28H31N3O5S. The molecule has 3 aromatic rings. The number of benzene rings is 3. The molecule has 4 rings (SSSR count). The van der Waals surface area contributed by atoms with Gasteiger partial charge in [-0.3, -0.25) is 13.9 Å². The van der Waals surface area contributed by atoms with Gasteiger partial charge in [0.1, 0.15) is 12.3 Å². The molecule has 0 unspecified atom stereocenters. The van der Waals surface area contributed by atoms with Crippen LogP contribution < -0.4 is 14.4 Å². The predicted octanol–water partition coefficient (Wildman–Crippen LogP) is 3.72. The highest BCUT2D eigenvalue weighted by Crippen LogP contribution is 2.25. The number of ether oxygens (including phenoxy) is 1. The van der Waals surface area contributed by atoms with Gasteiger partial charge in [-0.25, -0.2) is 8.42 Å². The van der Waals surface area contributed by atoms with Crippen molar-refractivity contribution >= 4 is 27.5 Å². The molecule has 1 heterocycles. The summed E-state index contributed by atoms with van der Waals surface area (Å²) in [6, 6.07) is 22.3. The van der Waals surface area contributed by atoms with E-state index in [0.29, 0.717) is 31.0 Å². The minimum atomic E-state index is -4.02. The van der Waals surface area contributed by atoms with E-state index in [9.17, 15) is 18.0 Å². The first-order chi connectivity index (χ1) is 17.9. The van der Waals surface area contributed by atoms with Gasteiger partial charge in [0.25, 0.3) is 10.0 Å². The Bertz CT molecular complexity index is 1330. The number of hydrogen-bond donors (Lipinski definition) is 1. The Labute approximate surface area is 217 Å². The van der Waals surface area contributed by atoms with Crippen LogP contribution in [0.1, 0.15) is 30.9 Å². The zero-order chi connectivity index (χ0) is 26.3. The maximum absolute atomic E-state index is 13.6. The number of hydrogen-bond acceptors (Lipinski definition) is 5. The van der Waals surface area contributed by atoms with E-state index < -0.39 is 15.9 Å². The number of carbonyl (C=O) groups excluding carboxylic acids is 2. The summed E-state index contributed by atoms with van der Waals surface area (Å²) in [7, 11) is -4.02.